The fourth-order valence-corrected chi connectivity index (χ4v) is 11.3. The molecule has 342 valence electrons. The van der Waals surface area contributed by atoms with E-state index in [1.807, 2.05) is 0 Å². The number of benzene rings is 12. The highest BCUT2D eigenvalue weighted by atomic mass is 16.3. The second-order valence-corrected chi connectivity index (χ2v) is 18.8. The molecule has 3 aromatic heterocycles. The highest BCUT2D eigenvalue weighted by Crippen LogP contribution is 2.50. The van der Waals surface area contributed by atoms with Crippen molar-refractivity contribution in [2.45, 2.75) is 0 Å². The smallest absolute Gasteiger partial charge is 0.136 e. The van der Waals surface area contributed by atoms with Crippen molar-refractivity contribution in [2.75, 3.05) is 9.80 Å². The third-order valence-corrected chi connectivity index (χ3v) is 14.7. The van der Waals surface area contributed by atoms with Crippen LogP contribution in [0.5, 0.6) is 0 Å². The molecule has 5 nitrogen and oxygen atoms in total. The lowest BCUT2D eigenvalue weighted by molar-refractivity contribution is 0.615. The van der Waals surface area contributed by atoms with Crippen molar-refractivity contribution in [3.8, 4) is 22.3 Å². The van der Waals surface area contributed by atoms with E-state index < -0.39 is 0 Å². The molecule has 0 saturated heterocycles. The van der Waals surface area contributed by atoms with E-state index in [-0.39, 0.29) is 0 Å². The molecule has 0 saturated carbocycles. The van der Waals surface area contributed by atoms with Crippen LogP contribution in [0, 0.1) is 0 Å². The van der Waals surface area contributed by atoms with Gasteiger partial charge in [-0.15, -0.1) is 0 Å². The minimum atomic E-state index is 0.831. The molecule has 0 N–H and O–H groups in total. The summed E-state index contributed by atoms with van der Waals surface area (Å²) in [5.74, 6) is 0. The maximum Gasteiger partial charge on any atom is 0.136 e. The summed E-state index contributed by atoms with van der Waals surface area (Å²) in [6.07, 6.45) is 3.58. The van der Waals surface area contributed by atoms with Gasteiger partial charge in [0.05, 0.1) is 35.3 Å². The molecule has 0 aliphatic carbocycles. The molecule has 0 fully saturated rings. The van der Waals surface area contributed by atoms with Gasteiger partial charge in [0.15, 0.2) is 0 Å². The first-order valence-corrected chi connectivity index (χ1v) is 24.7. The van der Waals surface area contributed by atoms with Gasteiger partial charge in [-0.3, -0.25) is 0 Å². The van der Waals surface area contributed by atoms with Gasteiger partial charge in [-0.2, -0.15) is 0 Å². The quantitative estimate of drug-likeness (QED) is 0.152. The van der Waals surface area contributed by atoms with Gasteiger partial charge in [-0.05, 0) is 141 Å². The molecular formula is C68H42N2O3. The predicted octanol–water partition coefficient (Wildman–Crippen LogP) is 20.0. The van der Waals surface area contributed by atoms with Gasteiger partial charge in [0, 0.05) is 54.8 Å². The summed E-state index contributed by atoms with van der Waals surface area (Å²) in [4.78, 5) is 4.82. The van der Waals surface area contributed by atoms with Gasteiger partial charge in [0.25, 0.3) is 0 Å². The largest absolute Gasteiger partial charge is 0.464 e. The van der Waals surface area contributed by atoms with E-state index in [4.69, 9.17) is 13.3 Å². The molecule has 0 unspecified atom stereocenters. The fraction of sp³-hybridized carbons (Fsp3) is 0. The van der Waals surface area contributed by atoms with Crippen LogP contribution in [0.15, 0.2) is 268 Å². The number of nitrogens with zero attached hydrogens (tertiary/aromatic N) is 2. The van der Waals surface area contributed by atoms with Gasteiger partial charge in [0.2, 0.25) is 0 Å². The molecule has 3 heterocycles. The Morgan fingerprint density at radius 2 is 0.699 bits per heavy atom. The summed E-state index contributed by atoms with van der Waals surface area (Å²) in [6.45, 7) is 0. The van der Waals surface area contributed by atoms with E-state index in [2.05, 4.69) is 252 Å². The molecule has 0 aliphatic heterocycles. The number of anilines is 6. The molecule has 0 atom stereocenters. The molecular weight excluding hydrogens is 893 g/mol. The van der Waals surface area contributed by atoms with E-state index in [0.29, 0.717) is 0 Å². The molecule has 73 heavy (non-hydrogen) atoms. The van der Waals surface area contributed by atoms with Crippen molar-refractivity contribution in [1.82, 2.24) is 0 Å². The highest BCUT2D eigenvalue weighted by molar-refractivity contribution is 6.16. The summed E-state index contributed by atoms with van der Waals surface area (Å²) in [5.41, 5.74) is 14.1. The minimum absolute atomic E-state index is 0.831. The van der Waals surface area contributed by atoms with Crippen LogP contribution in [-0.4, -0.2) is 0 Å². The Labute approximate surface area is 419 Å². The first-order valence-electron chi connectivity index (χ1n) is 24.7. The molecule has 0 radical (unpaired) electrons. The van der Waals surface area contributed by atoms with Crippen LogP contribution in [0.4, 0.5) is 34.1 Å². The van der Waals surface area contributed by atoms with Crippen LogP contribution >= 0.6 is 0 Å². The van der Waals surface area contributed by atoms with Gasteiger partial charge in [-0.1, -0.05) is 146 Å². The highest BCUT2D eigenvalue weighted by Gasteiger charge is 2.26. The lowest BCUT2D eigenvalue weighted by atomic mass is 9.97. The number of fused-ring (bicyclic) bond motifs is 9. The molecule has 0 bridgehead atoms. The van der Waals surface area contributed by atoms with Gasteiger partial charge in [-0.25, -0.2) is 0 Å². The van der Waals surface area contributed by atoms with Crippen LogP contribution in [0.3, 0.4) is 0 Å². The van der Waals surface area contributed by atoms with Crippen molar-refractivity contribution in [1.29, 1.82) is 0 Å². The van der Waals surface area contributed by atoms with Crippen molar-refractivity contribution in [2.24, 2.45) is 0 Å². The first-order chi connectivity index (χ1) is 36.2. The average molecular weight is 935 g/mol. The van der Waals surface area contributed by atoms with Gasteiger partial charge < -0.3 is 23.1 Å². The first kappa shape index (κ1) is 41.0. The zero-order valence-corrected chi connectivity index (χ0v) is 39.4. The van der Waals surface area contributed by atoms with E-state index in [9.17, 15) is 0 Å². The topological polar surface area (TPSA) is 45.9 Å². The zero-order valence-electron chi connectivity index (χ0n) is 39.4. The molecule has 15 aromatic rings. The normalized spacial score (nSPS) is 11.8. The van der Waals surface area contributed by atoms with Gasteiger partial charge in [0.1, 0.15) is 22.3 Å². The zero-order chi connectivity index (χ0) is 48.0. The minimum Gasteiger partial charge on any atom is -0.464 e. The third-order valence-electron chi connectivity index (χ3n) is 14.7. The molecule has 0 aliphatic rings. The third kappa shape index (κ3) is 6.63. The molecule has 0 amide bonds. The maximum atomic E-state index is 6.92. The summed E-state index contributed by atoms with van der Waals surface area (Å²) in [5, 5.41) is 13.3. The van der Waals surface area contributed by atoms with Gasteiger partial charge >= 0.3 is 0 Å². The fourth-order valence-electron chi connectivity index (χ4n) is 11.3. The van der Waals surface area contributed by atoms with Crippen molar-refractivity contribution in [3.05, 3.63) is 255 Å². The predicted molar refractivity (Wildman–Crippen MR) is 304 cm³/mol. The Morgan fingerprint density at radius 1 is 0.260 bits per heavy atom. The summed E-state index contributed by atoms with van der Waals surface area (Å²) < 4.78 is 19.1. The number of rotatable bonds is 8. The average Bonchev–Trinajstić information content (AvgIpc) is 4.22. The van der Waals surface area contributed by atoms with Crippen LogP contribution in [-0.2, 0) is 0 Å². The summed E-state index contributed by atoms with van der Waals surface area (Å²) in [7, 11) is 0. The molecule has 15 rings (SSSR count). The maximum absolute atomic E-state index is 6.92. The molecule has 0 spiro atoms. The Bertz CT molecular complexity index is 4340. The second-order valence-electron chi connectivity index (χ2n) is 18.8. The Kier molecular flexibility index (Phi) is 9.19. The Morgan fingerprint density at radius 3 is 1.18 bits per heavy atom. The van der Waals surface area contributed by atoms with Crippen molar-refractivity contribution >= 4 is 121 Å². The van der Waals surface area contributed by atoms with E-state index in [1.54, 1.807) is 12.5 Å². The van der Waals surface area contributed by atoms with Crippen LogP contribution in [0.2, 0.25) is 0 Å². The Hall–Kier alpha value is -9.84. The monoisotopic (exact) mass is 934 g/mol. The lowest BCUT2D eigenvalue weighted by Crippen LogP contribution is -2.12. The number of hydrogen-bond acceptors (Lipinski definition) is 5. The summed E-state index contributed by atoms with van der Waals surface area (Å²) in [6, 6.07) is 86.9. The number of hydrogen-bond donors (Lipinski definition) is 0. The van der Waals surface area contributed by atoms with E-state index in [0.717, 1.165) is 133 Å². The molecule has 12 aromatic carbocycles. The standard InChI is InChI=1S/C68H42N2O3/c1-3-13-45(14-4-1)55-29-31-63-57(33-35-71-63)67(55)69(61-23-11-19-43-17-7-9-21-53(43)61)51-27-25-47-39-59-60-40-48-26-28-52(38-50(48)42-66(60)73-65(59)41-49(47)37-51)70(62-24-12-20-44-18-8-10-22-54(44)62)68-56(46-15-5-2-6-16-46)30-32-64-58(68)34-36-72-64/h1-42H. The Balaban J connectivity index is 0.907. The van der Waals surface area contributed by atoms with Crippen molar-refractivity contribution in [3.63, 3.8) is 0 Å². The SMILES string of the molecule is c1ccc(-c2ccc3occc3c2N(c2ccc3cc4c(cc3c2)oc2cc3cc(N(c5cccc6ccccc56)c5c(-c6ccccc6)ccc6occc56)ccc3cc24)c2cccc3ccccc23)cc1. The van der Waals surface area contributed by atoms with E-state index >= 15 is 0 Å². The van der Waals surface area contributed by atoms with Crippen LogP contribution < -0.4 is 9.80 Å². The molecule has 5 heteroatoms. The van der Waals surface area contributed by atoms with Crippen LogP contribution in [0.25, 0.3) is 109 Å². The second kappa shape index (κ2) is 16.4. The lowest BCUT2D eigenvalue weighted by Gasteiger charge is -2.30. The van der Waals surface area contributed by atoms with Crippen LogP contribution in [0.1, 0.15) is 0 Å². The van der Waals surface area contributed by atoms with E-state index in [1.165, 1.54) is 10.8 Å². The number of furan rings is 3. The summed E-state index contributed by atoms with van der Waals surface area (Å²) >= 11 is 0. The van der Waals surface area contributed by atoms with Crippen molar-refractivity contribution < 1.29 is 13.3 Å².